The van der Waals surface area contributed by atoms with Gasteiger partial charge in [-0.2, -0.15) is 4.98 Å². The lowest BCUT2D eigenvalue weighted by Crippen LogP contribution is -2.37. The van der Waals surface area contributed by atoms with Crippen LogP contribution in [0.3, 0.4) is 0 Å². The standard InChI is InChI=1S/C19H20N6O5/c1-23-14-15(24(2)19(29)25(3)16(14)27)22-18(23)30-17(28)12(20)6-9-8-21-13-5-4-10(26)7-11(9)13/h4-5,7-8,12,21,26H,6,20H2,1-3H3/t12-/m0/s1. The fraction of sp³-hybridized carbons (Fsp3) is 0.263. The van der Waals surface area contributed by atoms with Gasteiger partial charge in [0, 0.05) is 44.7 Å². The molecule has 0 amide bonds. The molecule has 0 saturated carbocycles. The van der Waals surface area contributed by atoms with Crippen molar-refractivity contribution >= 4 is 28.0 Å². The van der Waals surface area contributed by atoms with Gasteiger partial charge in [0.2, 0.25) is 0 Å². The lowest BCUT2D eigenvalue weighted by Gasteiger charge is -2.10. The summed E-state index contributed by atoms with van der Waals surface area (Å²) >= 11 is 0. The lowest BCUT2D eigenvalue weighted by molar-refractivity contribution is -0.136. The topological polar surface area (TPSA) is 150 Å². The molecule has 30 heavy (non-hydrogen) atoms. The molecule has 4 aromatic rings. The Morgan fingerprint density at radius 2 is 1.97 bits per heavy atom. The van der Waals surface area contributed by atoms with Crippen molar-refractivity contribution in [2.24, 2.45) is 26.9 Å². The van der Waals surface area contributed by atoms with E-state index in [0.29, 0.717) is 0 Å². The highest BCUT2D eigenvalue weighted by Crippen LogP contribution is 2.24. The van der Waals surface area contributed by atoms with Crippen molar-refractivity contribution in [2.45, 2.75) is 12.5 Å². The molecule has 1 aromatic carbocycles. The summed E-state index contributed by atoms with van der Waals surface area (Å²) in [6.07, 6.45) is 1.87. The summed E-state index contributed by atoms with van der Waals surface area (Å²) in [7, 11) is 4.34. The number of hydrogen-bond acceptors (Lipinski definition) is 7. The minimum absolute atomic E-state index is 0.103. The number of hydrogen-bond donors (Lipinski definition) is 3. The van der Waals surface area contributed by atoms with E-state index >= 15 is 0 Å². The van der Waals surface area contributed by atoms with Gasteiger partial charge in [-0.15, -0.1) is 0 Å². The number of carbonyl (C=O) groups excluding carboxylic acids is 1. The second kappa shape index (κ2) is 6.88. The van der Waals surface area contributed by atoms with Crippen molar-refractivity contribution in [3.05, 3.63) is 50.8 Å². The number of aromatic nitrogens is 5. The first-order valence-electron chi connectivity index (χ1n) is 9.07. The van der Waals surface area contributed by atoms with Crippen LogP contribution in [0.4, 0.5) is 0 Å². The van der Waals surface area contributed by atoms with Gasteiger partial charge in [0.05, 0.1) is 0 Å². The molecule has 0 unspecified atom stereocenters. The van der Waals surface area contributed by atoms with Crippen molar-refractivity contribution < 1.29 is 14.6 Å². The zero-order valence-electron chi connectivity index (χ0n) is 16.5. The van der Waals surface area contributed by atoms with E-state index < -0.39 is 23.3 Å². The van der Waals surface area contributed by atoms with Gasteiger partial charge in [0.1, 0.15) is 11.8 Å². The maximum atomic E-state index is 12.6. The summed E-state index contributed by atoms with van der Waals surface area (Å²) in [4.78, 5) is 44.3. The number of ether oxygens (including phenoxy) is 1. The van der Waals surface area contributed by atoms with E-state index in [1.165, 1.54) is 30.3 Å². The number of carbonyl (C=O) groups is 1. The number of fused-ring (bicyclic) bond motifs is 2. The van der Waals surface area contributed by atoms with Crippen LogP contribution in [0, 0.1) is 0 Å². The van der Waals surface area contributed by atoms with Gasteiger partial charge >= 0.3 is 17.7 Å². The SMILES string of the molecule is Cn1c(=O)c2c(nc(OC(=O)[C@@H](N)Cc3c[nH]c4ccc(O)cc34)n2C)n(C)c1=O. The monoisotopic (exact) mass is 412 g/mol. The van der Waals surface area contributed by atoms with Gasteiger partial charge in [-0.25, -0.2) is 9.59 Å². The second-order valence-electron chi connectivity index (χ2n) is 7.11. The Balaban J connectivity index is 1.62. The number of rotatable bonds is 4. The van der Waals surface area contributed by atoms with Crippen LogP contribution < -0.4 is 21.7 Å². The van der Waals surface area contributed by atoms with Crippen molar-refractivity contribution in [1.29, 1.82) is 0 Å². The quantitative estimate of drug-likeness (QED) is 0.387. The third kappa shape index (κ3) is 2.95. The largest absolute Gasteiger partial charge is 0.508 e. The first-order valence-corrected chi connectivity index (χ1v) is 9.07. The Bertz CT molecular complexity index is 1420. The van der Waals surface area contributed by atoms with Gasteiger partial charge in [0.25, 0.3) is 5.56 Å². The van der Waals surface area contributed by atoms with E-state index in [0.717, 1.165) is 21.0 Å². The van der Waals surface area contributed by atoms with Gasteiger partial charge in [-0.3, -0.25) is 18.5 Å². The Morgan fingerprint density at radius 3 is 2.70 bits per heavy atom. The van der Waals surface area contributed by atoms with E-state index in [2.05, 4.69) is 9.97 Å². The van der Waals surface area contributed by atoms with Crippen LogP contribution >= 0.6 is 0 Å². The Labute approximate surface area is 168 Å². The number of benzene rings is 1. The molecule has 3 aromatic heterocycles. The van der Waals surface area contributed by atoms with Crippen molar-refractivity contribution in [2.75, 3.05) is 0 Å². The third-order valence-corrected chi connectivity index (χ3v) is 5.12. The molecule has 0 aliphatic carbocycles. The van der Waals surface area contributed by atoms with Crippen LogP contribution in [-0.2, 0) is 32.4 Å². The maximum Gasteiger partial charge on any atom is 0.332 e. The number of esters is 1. The zero-order chi connectivity index (χ0) is 21.7. The van der Waals surface area contributed by atoms with Crippen molar-refractivity contribution in [1.82, 2.24) is 23.7 Å². The number of aryl methyl sites for hydroxylation is 2. The number of nitrogens with zero attached hydrogens (tertiary/aromatic N) is 4. The molecule has 0 spiro atoms. The molecule has 1 atom stereocenters. The second-order valence-corrected chi connectivity index (χ2v) is 7.11. The number of phenolic OH excluding ortho intramolecular Hbond substituents is 1. The maximum absolute atomic E-state index is 12.6. The Hall–Kier alpha value is -3.86. The number of imidazole rings is 1. The highest BCUT2D eigenvalue weighted by molar-refractivity contribution is 5.86. The highest BCUT2D eigenvalue weighted by Gasteiger charge is 2.23. The van der Waals surface area contributed by atoms with Gasteiger partial charge in [0.15, 0.2) is 11.2 Å². The molecule has 4 N–H and O–H groups in total. The molecule has 11 heteroatoms. The minimum atomic E-state index is -1.02. The van der Waals surface area contributed by atoms with Gasteiger partial charge in [-0.1, -0.05) is 0 Å². The third-order valence-electron chi connectivity index (χ3n) is 5.12. The lowest BCUT2D eigenvalue weighted by atomic mass is 10.1. The average Bonchev–Trinajstić information content (AvgIpc) is 3.25. The first kappa shape index (κ1) is 19.5. The summed E-state index contributed by atoms with van der Waals surface area (Å²) in [6, 6.07) is 3.71. The molecular formula is C19H20N6O5. The molecular weight excluding hydrogens is 392 g/mol. The molecule has 156 valence electrons. The van der Waals surface area contributed by atoms with Crippen molar-refractivity contribution in [3.63, 3.8) is 0 Å². The minimum Gasteiger partial charge on any atom is -0.508 e. The summed E-state index contributed by atoms with van der Waals surface area (Å²) < 4.78 is 8.80. The van der Waals surface area contributed by atoms with Gasteiger partial charge in [-0.05, 0) is 23.8 Å². The predicted octanol–water partition coefficient (Wildman–Crippen LogP) is -0.367. The highest BCUT2D eigenvalue weighted by atomic mass is 16.6. The van der Waals surface area contributed by atoms with Crippen LogP contribution in [0.25, 0.3) is 22.1 Å². The number of aromatic amines is 1. The predicted molar refractivity (Wildman–Crippen MR) is 108 cm³/mol. The summed E-state index contributed by atoms with van der Waals surface area (Å²) in [5.41, 5.74) is 6.72. The van der Waals surface area contributed by atoms with Crippen LogP contribution in [0.1, 0.15) is 5.56 Å². The van der Waals surface area contributed by atoms with Crippen LogP contribution in [0.2, 0.25) is 0 Å². The normalized spacial score (nSPS) is 12.5. The molecule has 0 saturated heterocycles. The molecule has 4 rings (SSSR count). The number of nitrogens with one attached hydrogen (secondary N) is 1. The Morgan fingerprint density at radius 1 is 1.23 bits per heavy atom. The van der Waals surface area contributed by atoms with E-state index in [9.17, 15) is 19.5 Å². The summed E-state index contributed by atoms with van der Waals surface area (Å²) in [6.45, 7) is 0. The Kier molecular flexibility index (Phi) is 4.46. The fourth-order valence-corrected chi connectivity index (χ4v) is 3.41. The van der Waals surface area contributed by atoms with E-state index in [1.807, 2.05) is 0 Å². The zero-order valence-corrected chi connectivity index (χ0v) is 16.5. The number of H-pyrrole nitrogens is 1. The summed E-state index contributed by atoms with van der Waals surface area (Å²) in [5.74, 6) is -0.642. The average molecular weight is 412 g/mol. The van der Waals surface area contributed by atoms with E-state index in [4.69, 9.17) is 10.5 Å². The van der Waals surface area contributed by atoms with Crippen LogP contribution in [0.5, 0.6) is 11.8 Å². The first-order chi connectivity index (χ1) is 14.2. The molecule has 0 radical (unpaired) electrons. The van der Waals surface area contributed by atoms with Crippen molar-refractivity contribution in [3.8, 4) is 11.8 Å². The molecule has 0 fully saturated rings. The van der Waals surface area contributed by atoms with E-state index in [-0.39, 0.29) is 29.3 Å². The molecule has 0 aliphatic heterocycles. The molecule has 0 aliphatic rings. The number of aromatic hydroxyl groups is 1. The van der Waals surface area contributed by atoms with Gasteiger partial charge < -0.3 is 20.6 Å². The molecule has 0 bridgehead atoms. The molecule has 11 nitrogen and oxygen atoms in total. The summed E-state index contributed by atoms with van der Waals surface area (Å²) in [5, 5.41) is 10.4. The number of nitrogens with two attached hydrogens (primary N) is 1. The van der Waals surface area contributed by atoms with E-state index in [1.54, 1.807) is 24.4 Å². The smallest absolute Gasteiger partial charge is 0.332 e. The number of phenols is 1. The van der Waals surface area contributed by atoms with Crippen LogP contribution in [-0.4, -0.2) is 40.8 Å². The molecule has 3 heterocycles. The fourth-order valence-electron chi connectivity index (χ4n) is 3.41. The van der Waals surface area contributed by atoms with Crippen LogP contribution in [0.15, 0.2) is 34.0 Å².